The van der Waals surface area contributed by atoms with Gasteiger partial charge in [0.05, 0.1) is 6.04 Å². The highest BCUT2D eigenvalue weighted by Crippen LogP contribution is 2.27. The minimum atomic E-state index is 0.197. The fourth-order valence-electron chi connectivity index (χ4n) is 1.11. The molecule has 0 saturated heterocycles. The maximum atomic E-state index is 9.79. The number of hydrogen-bond acceptors (Lipinski definition) is 2. The van der Waals surface area contributed by atoms with E-state index in [-0.39, 0.29) is 6.04 Å². The fraction of sp³-hybridized carbons (Fsp3) is 0.833. The largest absolute Gasteiger partial charge is 0.235 e. The van der Waals surface area contributed by atoms with Crippen LogP contribution in [0.2, 0.25) is 0 Å². The molecule has 1 aliphatic rings. The van der Waals surface area contributed by atoms with Crippen LogP contribution in [0.25, 0.3) is 0 Å². The van der Waals surface area contributed by atoms with Gasteiger partial charge in [-0.1, -0.05) is 22.4 Å². The number of halogens is 1. The second kappa shape index (κ2) is 3.14. The summed E-state index contributed by atoms with van der Waals surface area (Å²) >= 11 is 3.43. The molecular formula is C6H8BrNO. The molecule has 2 atom stereocenters. The molecule has 0 spiro atoms. The fourth-order valence-corrected chi connectivity index (χ4v) is 1.81. The number of carbonyl (C=O) groups excluding carboxylic acids is 1. The van der Waals surface area contributed by atoms with E-state index in [0.717, 1.165) is 12.8 Å². The predicted molar refractivity (Wildman–Crippen MR) is 38.5 cm³/mol. The highest BCUT2D eigenvalue weighted by Gasteiger charge is 2.23. The summed E-state index contributed by atoms with van der Waals surface area (Å²) in [4.78, 5) is 13.9. The number of nitrogens with zero attached hydrogens (tertiary/aromatic N) is 1. The molecule has 3 heteroatoms. The monoisotopic (exact) mass is 189 g/mol. The average Bonchev–Trinajstić information content (AvgIpc) is 2.18. The van der Waals surface area contributed by atoms with E-state index in [1.165, 1.54) is 6.42 Å². The van der Waals surface area contributed by atoms with E-state index in [4.69, 9.17) is 0 Å². The van der Waals surface area contributed by atoms with Gasteiger partial charge in [-0.2, -0.15) is 0 Å². The van der Waals surface area contributed by atoms with E-state index in [0.29, 0.717) is 4.83 Å². The summed E-state index contributed by atoms with van der Waals surface area (Å²) in [6.07, 6.45) is 4.93. The van der Waals surface area contributed by atoms with E-state index >= 15 is 0 Å². The van der Waals surface area contributed by atoms with Crippen molar-refractivity contribution in [2.75, 3.05) is 0 Å². The Balaban J connectivity index is 2.49. The molecule has 0 heterocycles. The first-order chi connectivity index (χ1) is 4.34. The molecule has 50 valence electrons. The van der Waals surface area contributed by atoms with E-state index < -0.39 is 0 Å². The van der Waals surface area contributed by atoms with E-state index in [2.05, 4.69) is 20.9 Å². The molecule has 0 aromatic heterocycles. The van der Waals surface area contributed by atoms with Crippen molar-refractivity contribution in [3.8, 4) is 0 Å². The van der Waals surface area contributed by atoms with Crippen LogP contribution >= 0.6 is 15.9 Å². The Morgan fingerprint density at radius 2 is 2.33 bits per heavy atom. The highest BCUT2D eigenvalue weighted by molar-refractivity contribution is 9.09. The number of rotatable bonds is 1. The summed E-state index contributed by atoms with van der Waals surface area (Å²) < 4.78 is 0. The van der Waals surface area contributed by atoms with Gasteiger partial charge in [0.2, 0.25) is 6.08 Å². The van der Waals surface area contributed by atoms with Crippen LogP contribution in [0.4, 0.5) is 0 Å². The minimum Gasteiger partial charge on any atom is -0.211 e. The average molecular weight is 190 g/mol. The number of hydrogen-bond donors (Lipinski definition) is 0. The molecule has 0 N–H and O–H groups in total. The lowest BCUT2D eigenvalue weighted by atomic mass is 10.3. The van der Waals surface area contributed by atoms with Crippen molar-refractivity contribution in [1.29, 1.82) is 0 Å². The molecular weight excluding hydrogens is 182 g/mol. The maximum Gasteiger partial charge on any atom is 0.235 e. The highest BCUT2D eigenvalue weighted by atomic mass is 79.9. The number of aliphatic imine (C=N–C) groups is 1. The Morgan fingerprint density at radius 3 is 2.78 bits per heavy atom. The van der Waals surface area contributed by atoms with Crippen LogP contribution in [0.1, 0.15) is 19.3 Å². The Morgan fingerprint density at radius 1 is 1.56 bits per heavy atom. The van der Waals surface area contributed by atoms with Crippen LogP contribution in [0, 0.1) is 0 Å². The number of isocyanates is 1. The molecule has 0 aliphatic heterocycles. The van der Waals surface area contributed by atoms with Crippen molar-refractivity contribution in [1.82, 2.24) is 0 Å². The van der Waals surface area contributed by atoms with Crippen molar-refractivity contribution in [3.63, 3.8) is 0 Å². The Bertz CT molecular complexity index is 142. The molecule has 9 heavy (non-hydrogen) atoms. The third-order valence-electron chi connectivity index (χ3n) is 1.62. The van der Waals surface area contributed by atoms with Gasteiger partial charge < -0.3 is 0 Å². The first-order valence-electron chi connectivity index (χ1n) is 3.05. The molecule has 1 aliphatic carbocycles. The van der Waals surface area contributed by atoms with Crippen molar-refractivity contribution in [2.45, 2.75) is 30.1 Å². The summed E-state index contributed by atoms with van der Waals surface area (Å²) in [7, 11) is 0. The lowest BCUT2D eigenvalue weighted by Crippen LogP contribution is -2.08. The van der Waals surface area contributed by atoms with Gasteiger partial charge in [-0.15, -0.1) is 0 Å². The summed E-state index contributed by atoms with van der Waals surface area (Å²) in [5.41, 5.74) is 0. The van der Waals surface area contributed by atoms with Crippen LogP contribution < -0.4 is 0 Å². The predicted octanol–water partition coefficient (Wildman–Crippen LogP) is 1.64. The van der Waals surface area contributed by atoms with Crippen LogP contribution in [0.5, 0.6) is 0 Å². The van der Waals surface area contributed by atoms with Gasteiger partial charge in [0.1, 0.15) is 0 Å². The lowest BCUT2D eigenvalue weighted by molar-refractivity contribution is 0.557. The Hall–Kier alpha value is -0.140. The topological polar surface area (TPSA) is 29.4 Å². The molecule has 0 aromatic rings. The zero-order chi connectivity index (χ0) is 6.69. The van der Waals surface area contributed by atoms with Crippen LogP contribution in [-0.4, -0.2) is 16.9 Å². The van der Waals surface area contributed by atoms with E-state index in [1.807, 2.05) is 0 Å². The molecule has 1 saturated carbocycles. The molecule has 0 bridgehead atoms. The lowest BCUT2D eigenvalue weighted by Gasteiger charge is -2.02. The second-order valence-electron chi connectivity index (χ2n) is 2.23. The first-order valence-corrected chi connectivity index (χ1v) is 3.97. The molecule has 0 amide bonds. The van der Waals surface area contributed by atoms with Crippen molar-refractivity contribution < 1.29 is 4.79 Å². The normalized spacial score (nSPS) is 33.9. The molecule has 0 unspecified atom stereocenters. The van der Waals surface area contributed by atoms with Crippen molar-refractivity contribution in [3.05, 3.63) is 0 Å². The summed E-state index contributed by atoms with van der Waals surface area (Å²) in [6, 6.07) is 0.197. The van der Waals surface area contributed by atoms with Crippen LogP contribution in [0.15, 0.2) is 4.99 Å². The molecule has 1 fully saturated rings. The standard InChI is InChI=1S/C6H8BrNO/c7-5-2-1-3-6(5)8-4-9/h5-6H,1-3H2/t5-,6-/m1/s1. The van der Waals surface area contributed by atoms with Gasteiger partial charge in [0, 0.05) is 4.83 Å². The van der Waals surface area contributed by atoms with Gasteiger partial charge in [0.25, 0.3) is 0 Å². The summed E-state index contributed by atoms with van der Waals surface area (Å²) in [6.45, 7) is 0. The van der Waals surface area contributed by atoms with Gasteiger partial charge >= 0.3 is 0 Å². The molecule has 0 radical (unpaired) electrons. The maximum absolute atomic E-state index is 9.79. The molecule has 0 aromatic carbocycles. The van der Waals surface area contributed by atoms with Gasteiger partial charge in [-0.25, -0.2) is 9.79 Å². The minimum absolute atomic E-state index is 0.197. The van der Waals surface area contributed by atoms with E-state index in [1.54, 1.807) is 6.08 Å². The zero-order valence-electron chi connectivity index (χ0n) is 5.01. The Labute approximate surface area is 62.5 Å². The summed E-state index contributed by atoms with van der Waals surface area (Å²) in [5, 5.41) is 0. The van der Waals surface area contributed by atoms with Crippen molar-refractivity contribution in [2.24, 2.45) is 4.99 Å². The third-order valence-corrected chi connectivity index (χ3v) is 2.68. The zero-order valence-corrected chi connectivity index (χ0v) is 6.60. The molecule has 2 nitrogen and oxygen atoms in total. The number of alkyl halides is 1. The van der Waals surface area contributed by atoms with Crippen molar-refractivity contribution >= 4 is 22.0 Å². The Kier molecular flexibility index (Phi) is 2.43. The van der Waals surface area contributed by atoms with Crippen LogP contribution in [0.3, 0.4) is 0 Å². The quantitative estimate of drug-likeness (QED) is 0.351. The van der Waals surface area contributed by atoms with Gasteiger partial charge in [-0.3, -0.25) is 0 Å². The van der Waals surface area contributed by atoms with Gasteiger partial charge in [0.15, 0.2) is 0 Å². The first kappa shape index (κ1) is 6.97. The third kappa shape index (κ3) is 1.63. The van der Waals surface area contributed by atoms with E-state index in [9.17, 15) is 4.79 Å². The summed E-state index contributed by atoms with van der Waals surface area (Å²) in [5.74, 6) is 0. The molecule has 1 rings (SSSR count). The van der Waals surface area contributed by atoms with Gasteiger partial charge in [-0.05, 0) is 12.8 Å². The smallest absolute Gasteiger partial charge is 0.211 e. The second-order valence-corrected chi connectivity index (χ2v) is 3.41. The SMILES string of the molecule is O=C=N[C@@H]1CCC[C@H]1Br. The van der Waals surface area contributed by atoms with Crippen LogP contribution in [-0.2, 0) is 4.79 Å².